The molecule has 1 heterocycles. The molecule has 24 heavy (non-hydrogen) atoms. The van der Waals surface area contributed by atoms with Crippen molar-refractivity contribution < 1.29 is 9.57 Å². The Labute approximate surface area is 146 Å². The van der Waals surface area contributed by atoms with Crippen LogP contribution in [0.15, 0.2) is 35.5 Å². The fourth-order valence-electron chi connectivity index (χ4n) is 4.18. The first-order chi connectivity index (χ1) is 11.4. The predicted molar refractivity (Wildman–Crippen MR) is 97.9 cm³/mol. The van der Waals surface area contributed by atoms with E-state index >= 15 is 0 Å². The Kier molecular flexibility index (Phi) is 5.00. The van der Waals surface area contributed by atoms with Crippen molar-refractivity contribution in [3.63, 3.8) is 0 Å². The number of hydrogen-bond acceptors (Lipinski definition) is 3. The molecule has 1 saturated heterocycles. The second-order valence-corrected chi connectivity index (χ2v) is 8.80. The molecule has 1 spiro atoms. The third-order valence-electron chi connectivity index (χ3n) is 5.38. The highest BCUT2D eigenvalue weighted by molar-refractivity contribution is 5.85. The lowest BCUT2D eigenvalue weighted by atomic mass is 9.68. The summed E-state index contributed by atoms with van der Waals surface area (Å²) in [5, 5.41) is 4.45. The van der Waals surface area contributed by atoms with E-state index in [-0.39, 0.29) is 5.60 Å². The van der Waals surface area contributed by atoms with E-state index in [0.29, 0.717) is 17.9 Å². The maximum absolute atomic E-state index is 5.88. The summed E-state index contributed by atoms with van der Waals surface area (Å²) in [5.74, 6) is 1.18. The molecular formula is C21H31NO2. The number of hydrogen-bond donors (Lipinski definition) is 0. The Morgan fingerprint density at radius 3 is 2.62 bits per heavy atom. The molecule has 0 bridgehead atoms. The van der Waals surface area contributed by atoms with Crippen molar-refractivity contribution in [3.05, 3.63) is 35.9 Å². The van der Waals surface area contributed by atoms with E-state index in [1.807, 2.05) is 18.2 Å². The molecule has 1 aliphatic heterocycles. The Morgan fingerprint density at radius 1 is 1.29 bits per heavy atom. The van der Waals surface area contributed by atoms with Gasteiger partial charge in [-0.15, -0.1) is 0 Å². The van der Waals surface area contributed by atoms with Gasteiger partial charge in [0.15, 0.2) is 0 Å². The van der Waals surface area contributed by atoms with Gasteiger partial charge in [-0.2, -0.15) is 0 Å². The van der Waals surface area contributed by atoms with Crippen molar-refractivity contribution in [2.24, 2.45) is 22.4 Å². The second kappa shape index (κ2) is 6.87. The number of benzene rings is 1. The maximum Gasteiger partial charge on any atom is 0.142 e. The Bertz CT molecular complexity index is 569. The molecule has 0 N–H and O–H groups in total. The molecule has 1 aromatic carbocycles. The van der Waals surface area contributed by atoms with Gasteiger partial charge >= 0.3 is 0 Å². The molecule has 2 aliphatic rings. The third kappa shape index (κ3) is 4.38. The molecular weight excluding hydrogens is 298 g/mol. The smallest absolute Gasteiger partial charge is 0.142 e. The summed E-state index contributed by atoms with van der Waals surface area (Å²) >= 11 is 0. The summed E-state index contributed by atoms with van der Waals surface area (Å²) in [7, 11) is 0. The van der Waals surface area contributed by atoms with E-state index in [0.717, 1.165) is 23.8 Å². The topological polar surface area (TPSA) is 34.1 Å². The molecule has 3 nitrogen and oxygen atoms in total. The minimum Gasteiger partial charge on any atom is -0.391 e. The molecule has 3 rings (SSSR count). The zero-order chi connectivity index (χ0) is 17.2. The van der Waals surface area contributed by atoms with Crippen LogP contribution >= 0.6 is 0 Å². The molecule has 3 atom stereocenters. The largest absolute Gasteiger partial charge is 0.391 e. The third-order valence-corrected chi connectivity index (χ3v) is 5.38. The van der Waals surface area contributed by atoms with E-state index in [2.05, 4.69) is 45.0 Å². The monoisotopic (exact) mass is 329 g/mol. The average Bonchev–Trinajstić information content (AvgIpc) is 3.29. The van der Waals surface area contributed by atoms with Gasteiger partial charge in [0, 0.05) is 5.92 Å². The van der Waals surface area contributed by atoms with Gasteiger partial charge in [-0.1, -0.05) is 56.3 Å². The first kappa shape index (κ1) is 17.5. The van der Waals surface area contributed by atoms with Crippen LogP contribution in [0.25, 0.3) is 0 Å². The van der Waals surface area contributed by atoms with Crippen molar-refractivity contribution in [2.75, 3.05) is 6.61 Å². The van der Waals surface area contributed by atoms with Gasteiger partial charge < -0.3 is 9.57 Å². The number of ether oxygens (including phenoxy) is 1. The van der Waals surface area contributed by atoms with Crippen LogP contribution in [0.4, 0.5) is 0 Å². The van der Waals surface area contributed by atoms with Crippen molar-refractivity contribution >= 4 is 5.71 Å². The highest BCUT2D eigenvalue weighted by Crippen LogP contribution is 2.50. The zero-order valence-corrected chi connectivity index (χ0v) is 15.5. The first-order valence-corrected chi connectivity index (χ1v) is 9.22. The summed E-state index contributed by atoms with van der Waals surface area (Å²) in [5.41, 5.74) is 2.71. The Morgan fingerprint density at radius 2 is 2.00 bits per heavy atom. The van der Waals surface area contributed by atoms with Crippen LogP contribution in [0.3, 0.4) is 0 Å². The van der Waals surface area contributed by atoms with E-state index in [1.54, 1.807) is 0 Å². The summed E-state index contributed by atoms with van der Waals surface area (Å²) in [6, 6.07) is 10.2. The lowest BCUT2D eigenvalue weighted by Crippen LogP contribution is -2.38. The molecule has 3 heteroatoms. The lowest BCUT2D eigenvalue weighted by Gasteiger charge is -2.37. The van der Waals surface area contributed by atoms with Crippen molar-refractivity contribution in [1.29, 1.82) is 0 Å². The Balaban J connectivity index is 1.60. The molecule has 0 aromatic heterocycles. The van der Waals surface area contributed by atoms with Gasteiger partial charge in [0.1, 0.15) is 6.61 Å². The lowest BCUT2D eigenvalue weighted by molar-refractivity contribution is 0.113. The van der Waals surface area contributed by atoms with Crippen LogP contribution in [0.5, 0.6) is 0 Å². The molecule has 2 fully saturated rings. The molecule has 1 aliphatic carbocycles. The van der Waals surface area contributed by atoms with Crippen LogP contribution in [0.1, 0.15) is 58.9 Å². The highest BCUT2D eigenvalue weighted by atomic mass is 16.6. The Hall–Kier alpha value is -1.35. The van der Waals surface area contributed by atoms with Gasteiger partial charge in [-0.3, -0.25) is 0 Å². The van der Waals surface area contributed by atoms with E-state index in [9.17, 15) is 0 Å². The first-order valence-electron chi connectivity index (χ1n) is 9.22. The normalized spacial score (nSPS) is 30.4. The predicted octanol–water partition coefficient (Wildman–Crippen LogP) is 5.20. The van der Waals surface area contributed by atoms with Gasteiger partial charge in [0.2, 0.25) is 0 Å². The summed E-state index contributed by atoms with van der Waals surface area (Å²) in [6.07, 6.45) is 4.91. The number of epoxide rings is 1. The quantitative estimate of drug-likeness (QED) is 0.422. The van der Waals surface area contributed by atoms with Gasteiger partial charge in [-0.25, -0.2) is 0 Å². The summed E-state index contributed by atoms with van der Waals surface area (Å²) in [6.45, 7) is 10.5. The fraction of sp³-hybridized carbons (Fsp3) is 0.667. The van der Waals surface area contributed by atoms with Crippen LogP contribution < -0.4 is 0 Å². The van der Waals surface area contributed by atoms with Crippen LogP contribution in [-0.4, -0.2) is 17.9 Å². The molecule has 1 saturated carbocycles. The summed E-state index contributed by atoms with van der Waals surface area (Å²) in [4.78, 5) is 5.62. The summed E-state index contributed by atoms with van der Waals surface area (Å²) < 4.78 is 5.88. The van der Waals surface area contributed by atoms with E-state index in [4.69, 9.17) is 9.57 Å². The van der Waals surface area contributed by atoms with Gasteiger partial charge in [0.05, 0.1) is 17.9 Å². The van der Waals surface area contributed by atoms with Gasteiger partial charge in [0.25, 0.3) is 0 Å². The highest BCUT2D eigenvalue weighted by Gasteiger charge is 2.55. The molecule has 132 valence electrons. The maximum atomic E-state index is 5.88. The van der Waals surface area contributed by atoms with E-state index < -0.39 is 0 Å². The molecule has 0 unspecified atom stereocenters. The second-order valence-electron chi connectivity index (χ2n) is 8.80. The average molecular weight is 329 g/mol. The van der Waals surface area contributed by atoms with E-state index in [1.165, 1.54) is 25.7 Å². The van der Waals surface area contributed by atoms with Crippen molar-refractivity contribution in [1.82, 2.24) is 0 Å². The number of nitrogens with zero attached hydrogens (tertiary/aromatic N) is 1. The number of oxime groups is 1. The van der Waals surface area contributed by atoms with Crippen molar-refractivity contribution in [2.45, 2.75) is 65.6 Å². The van der Waals surface area contributed by atoms with Crippen LogP contribution in [-0.2, 0) is 16.2 Å². The SMILES string of the molecule is C/C(=N\OCc1ccccc1)[C@H]1C[C@H](CC(C)(C)C)CC[C@]12CO2. The van der Waals surface area contributed by atoms with Crippen LogP contribution in [0.2, 0.25) is 0 Å². The van der Waals surface area contributed by atoms with Crippen molar-refractivity contribution in [3.8, 4) is 0 Å². The van der Waals surface area contributed by atoms with Gasteiger partial charge in [-0.05, 0) is 49.5 Å². The molecule has 0 radical (unpaired) electrons. The minimum atomic E-state index is 0.0675. The standard InChI is InChI=1S/C21H31NO2/c1-16(22-24-14-17-8-6-5-7-9-17)19-12-18(13-20(2,3)4)10-11-21(19)15-23-21/h5-9,18-19H,10-15H2,1-4H3/b22-16+/t18-,19-,21+/m1/s1. The molecule has 1 aromatic rings. The van der Waals surface area contributed by atoms with Crippen LogP contribution in [0, 0.1) is 17.3 Å². The number of rotatable bonds is 5. The zero-order valence-electron chi connectivity index (χ0n) is 15.5. The fourth-order valence-corrected chi connectivity index (χ4v) is 4.18. The molecule has 0 amide bonds. The minimum absolute atomic E-state index is 0.0675.